The third-order valence-electron chi connectivity index (χ3n) is 5.21. The lowest BCUT2D eigenvalue weighted by molar-refractivity contribution is -0.133. The number of amides is 2. The summed E-state index contributed by atoms with van der Waals surface area (Å²) in [6.45, 7) is -0.544. The molecule has 3 heterocycles. The van der Waals surface area contributed by atoms with E-state index in [4.69, 9.17) is 0 Å². The normalized spacial score (nSPS) is 17.9. The van der Waals surface area contributed by atoms with Crippen molar-refractivity contribution in [3.8, 4) is 0 Å². The highest BCUT2D eigenvalue weighted by molar-refractivity contribution is 7.18. The first-order chi connectivity index (χ1) is 14.8. The van der Waals surface area contributed by atoms with Crippen LogP contribution in [0.15, 0.2) is 30.5 Å². The van der Waals surface area contributed by atoms with E-state index in [1.807, 2.05) is 24.3 Å². The molecule has 1 aromatic carbocycles. The van der Waals surface area contributed by atoms with Crippen molar-refractivity contribution in [1.29, 1.82) is 0 Å². The summed E-state index contributed by atoms with van der Waals surface area (Å²) in [6.07, 6.45) is 2.29. The zero-order valence-corrected chi connectivity index (χ0v) is 17.7. The average Bonchev–Trinajstić information content (AvgIpc) is 3.44. The molecule has 4 rings (SSSR count). The lowest BCUT2D eigenvalue weighted by Crippen LogP contribution is -2.38. The van der Waals surface area contributed by atoms with E-state index in [0.29, 0.717) is 12.8 Å². The van der Waals surface area contributed by atoms with Crippen LogP contribution in [0.25, 0.3) is 10.2 Å². The maximum Gasteiger partial charge on any atom is 0.273 e. The van der Waals surface area contributed by atoms with E-state index in [-0.39, 0.29) is 24.6 Å². The van der Waals surface area contributed by atoms with E-state index in [9.17, 15) is 18.4 Å². The quantitative estimate of drug-likeness (QED) is 0.600. The Balaban J connectivity index is 1.36. The Labute approximate surface area is 181 Å². The molecular weight excluding hydrogens is 426 g/mol. The number of para-hydroxylation sites is 1. The van der Waals surface area contributed by atoms with Crippen LogP contribution < -0.4 is 5.32 Å². The second-order valence-electron chi connectivity index (χ2n) is 7.57. The minimum Gasteiger partial charge on any atom is -0.354 e. The summed E-state index contributed by atoms with van der Waals surface area (Å²) < 4.78 is 30.6. The third-order valence-corrected chi connectivity index (χ3v) is 6.31. The Morgan fingerprint density at radius 3 is 2.90 bits per heavy atom. The molecule has 1 saturated heterocycles. The van der Waals surface area contributed by atoms with Gasteiger partial charge in [0, 0.05) is 19.9 Å². The number of carbonyl (C=O) groups excluding carboxylic acids is 2. The van der Waals surface area contributed by atoms with Crippen LogP contribution in [0.3, 0.4) is 0 Å². The van der Waals surface area contributed by atoms with Crippen molar-refractivity contribution in [3.63, 3.8) is 0 Å². The van der Waals surface area contributed by atoms with Crippen molar-refractivity contribution < 1.29 is 18.4 Å². The van der Waals surface area contributed by atoms with Gasteiger partial charge in [-0.3, -0.25) is 9.59 Å². The molecule has 1 N–H and O–H groups in total. The van der Waals surface area contributed by atoms with E-state index in [1.54, 1.807) is 11.3 Å². The lowest BCUT2D eigenvalue weighted by Gasteiger charge is -2.23. The van der Waals surface area contributed by atoms with Crippen LogP contribution in [0.1, 0.15) is 34.8 Å². The van der Waals surface area contributed by atoms with Gasteiger partial charge in [-0.25, -0.2) is 18.4 Å². The van der Waals surface area contributed by atoms with E-state index < -0.39 is 30.8 Å². The number of nitrogens with zero attached hydrogens (tertiary/aromatic N) is 5. The molecule has 8 nitrogen and oxygen atoms in total. The number of alkyl halides is 2. The first-order valence-electron chi connectivity index (χ1n) is 9.98. The van der Waals surface area contributed by atoms with E-state index in [0.717, 1.165) is 15.2 Å². The molecular formula is C20H22F2N6O2S. The maximum atomic E-state index is 14.1. The van der Waals surface area contributed by atoms with Gasteiger partial charge in [-0.05, 0) is 25.0 Å². The number of halogens is 2. The molecule has 1 aliphatic rings. The second-order valence-corrected chi connectivity index (χ2v) is 8.68. The molecule has 2 amide bonds. The van der Waals surface area contributed by atoms with Crippen LogP contribution in [0.2, 0.25) is 0 Å². The fraction of sp³-hybridized carbons (Fsp3) is 0.450. The zero-order valence-electron chi connectivity index (χ0n) is 16.9. The van der Waals surface area contributed by atoms with Crippen molar-refractivity contribution in [2.45, 2.75) is 44.2 Å². The van der Waals surface area contributed by atoms with Gasteiger partial charge in [-0.1, -0.05) is 17.3 Å². The molecule has 0 bridgehead atoms. The molecule has 0 spiro atoms. The number of aryl methyl sites for hydroxylation is 1. The Kier molecular flexibility index (Phi) is 5.94. The number of hydrogen-bond acceptors (Lipinski definition) is 6. The van der Waals surface area contributed by atoms with Gasteiger partial charge < -0.3 is 10.2 Å². The van der Waals surface area contributed by atoms with Gasteiger partial charge in [-0.15, -0.1) is 16.4 Å². The molecule has 0 saturated carbocycles. The Morgan fingerprint density at radius 1 is 1.32 bits per heavy atom. The molecule has 0 aliphatic carbocycles. The molecule has 164 valence electrons. The number of fused-ring (bicyclic) bond motifs is 1. The van der Waals surface area contributed by atoms with E-state index in [2.05, 4.69) is 20.6 Å². The molecule has 2 aromatic heterocycles. The number of benzene rings is 1. The fourth-order valence-corrected chi connectivity index (χ4v) is 4.76. The van der Waals surface area contributed by atoms with Crippen LogP contribution in [-0.2, 0) is 17.8 Å². The predicted molar refractivity (Wildman–Crippen MR) is 111 cm³/mol. The molecule has 0 radical (unpaired) electrons. The molecule has 0 unspecified atom stereocenters. The number of hydrogen-bond donors (Lipinski definition) is 1. The number of aromatic nitrogens is 4. The van der Waals surface area contributed by atoms with Crippen molar-refractivity contribution >= 4 is 33.4 Å². The molecule has 1 atom stereocenters. The van der Waals surface area contributed by atoms with Gasteiger partial charge in [0.2, 0.25) is 5.91 Å². The Hall–Kier alpha value is -2.95. The average molecular weight is 448 g/mol. The molecule has 1 aliphatic heterocycles. The van der Waals surface area contributed by atoms with Gasteiger partial charge in [-0.2, -0.15) is 0 Å². The number of rotatable bonds is 7. The number of nitrogens with one attached hydrogen (secondary N) is 1. The van der Waals surface area contributed by atoms with Gasteiger partial charge in [0.05, 0.1) is 40.6 Å². The van der Waals surface area contributed by atoms with Crippen LogP contribution >= 0.6 is 11.3 Å². The topological polar surface area (TPSA) is 93.0 Å². The summed E-state index contributed by atoms with van der Waals surface area (Å²) in [6, 6.07) is 7.11. The van der Waals surface area contributed by atoms with Crippen LogP contribution in [0.5, 0.6) is 0 Å². The summed E-state index contributed by atoms with van der Waals surface area (Å²) in [5.74, 6) is -3.67. The van der Waals surface area contributed by atoms with Gasteiger partial charge in [0.1, 0.15) is 0 Å². The summed E-state index contributed by atoms with van der Waals surface area (Å²) in [7, 11) is 1.47. The van der Waals surface area contributed by atoms with Crippen LogP contribution in [-0.4, -0.2) is 62.2 Å². The maximum absolute atomic E-state index is 14.1. The van der Waals surface area contributed by atoms with Crippen molar-refractivity contribution in [2.75, 3.05) is 13.6 Å². The van der Waals surface area contributed by atoms with Crippen molar-refractivity contribution in [2.24, 2.45) is 0 Å². The Morgan fingerprint density at radius 2 is 2.13 bits per heavy atom. The standard InChI is InChI=1S/C20H22F2N6O2S/c1-23-19(30)15-11-27(26-25-15)10-13-9-20(21,22)12-28(13)18(29)8-4-7-17-24-14-5-2-3-6-16(14)31-17/h2-3,5-6,11,13H,4,7-10,12H2,1H3,(H,23,30)/t13-/m0/s1. The summed E-state index contributed by atoms with van der Waals surface area (Å²) in [5.41, 5.74) is 1.03. The van der Waals surface area contributed by atoms with Gasteiger partial charge in [0.15, 0.2) is 5.69 Å². The third kappa shape index (κ3) is 4.87. The van der Waals surface area contributed by atoms with E-state index >= 15 is 0 Å². The minimum atomic E-state index is -2.95. The highest BCUT2D eigenvalue weighted by Crippen LogP contribution is 2.33. The monoisotopic (exact) mass is 448 g/mol. The zero-order chi connectivity index (χ0) is 22.0. The second kappa shape index (κ2) is 8.66. The molecule has 11 heteroatoms. The van der Waals surface area contributed by atoms with Gasteiger partial charge in [0.25, 0.3) is 11.8 Å². The highest BCUT2D eigenvalue weighted by atomic mass is 32.1. The minimum absolute atomic E-state index is 0.0587. The van der Waals surface area contributed by atoms with Crippen LogP contribution in [0.4, 0.5) is 8.78 Å². The first-order valence-corrected chi connectivity index (χ1v) is 10.8. The highest BCUT2D eigenvalue weighted by Gasteiger charge is 2.46. The molecule has 1 fully saturated rings. The summed E-state index contributed by atoms with van der Waals surface area (Å²) in [5, 5.41) is 10.9. The predicted octanol–water partition coefficient (Wildman–Crippen LogP) is 2.51. The SMILES string of the molecule is CNC(=O)c1cn(C[C@@H]2CC(F)(F)CN2C(=O)CCCc2nc3ccccc3s2)nn1. The number of carbonyl (C=O) groups is 2. The molecule has 31 heavy (non-hydrogen) atoms. The summed E-state index contributed by atoms with van der Waals surface area (Å²) >= 11 is 1.58. The molecule has 3 aromatic rings. The van der Waals surface area contributed by atoms with Crippen LogP contribution in [0, 0.1) is 0 Å². The fourth-order valence-electron chi connectivity index (χ4n) is 3.75. The van der Waals surface area contributed by atoms with E-state index in [1.165, 1.54) is 22.8 Å². The van der Waals surface area contributed by atoms with Gasteiger partial charge >= 0.3 is 0 Å². The number of thiazole rings is 1. The van der Waals surface area contributed by atoms with Crippen molar-refractivity contribution in [3.05, 3.63) is 41.2 Å². The number of likely N-dealkylation sites (tertiary alicyclic amines) is 1. The largest absolute Gasteiger partial charge is 0.354 e. The Bertz CT molecular complexity index is 1070. The van der Waals surface area contributed by atoms with Crippen molar-refractivity contribution in [1.82, 2.24) is 30.2 Å². The smallest absolute Gasteiger partial charge is 0.273 e. The first kappa shape index (κ1) is 21.3. The lowest BCUT2D eigenvalue weighted by atomic mass is 10.1. The summed E-state index contributed by atoms with van der Waals surface area (Å²) in [4.78, 5) is 30.1.